The molecule has 3 heterocycles. The second-order valence-corrected chi connectivity index (χ2v) is 7.29. The van der Waals surface area contributed by atoms with Gasteiger partial charge in [-0.1, -0.05) is 6.07 Å². The number of thiophene rings is 1. The molecule has 1 amide bonds. The van der Waals surface area contributed by atoms with E-state index in [9.17, 15) is 4.79 Å². The first kappa shape index (κ1) is 14.7. The number of amides is 1. The molecule has 0 aromatic carbocycles. The highest BCUT2D eigenvalue weighted by Crippen LogP contribution is 2.29. The Morgan fingerprint density at radius 2 is 2.33 bits per heavy atom. The molecule has 6 heteroatoms. The fourth-order valence-corrected chi connectivity index (χ4v) is 4.32. The van der Waals surface area contributed by atoms with E-state index in [0.717, 1.165) is 36.6 Å². The molecule has 1 fully saturated rings. The summed E-state index contributed by atoms with van der Waals surface area (Å²) in [5.41, 5.74) is 1.07. The molecule has 0 spiro atoms. The van der Waals surface area contributed by atoms with Gasteiger partial charge in [-0.25, -0.2) is 4.98 Å². The van der Waals surface area contributed by atoms with Crippen LogP contribution in [0.1, 0.15) is 18.5 Å². The maximum Gasteiger partial charge on any atom is 0.239 e. The van der Waals surface area contributed by atoms with Crippen molar-refractivity contribution in [3.63, 3.8) is 0 Å². The highest BCUT2D eigenvalue weighted by atomic mass is 32.1. The lowest BCUT2D eigenvalue weighted by Gasteiger charge is -2.25. The maximum atomic E-state index is 12.2. The SMILES string of the molecule is CN(C)C(=O)C1CCCN1Cc1csc(-c2cccs2)n1. The molecule has 1 unspecified atom stereocenters. The van der Waals surface area contributed by atoms with Crippen molar-refractivity contribution in [1.29, 1.82) is 0 Å². The lowest BCUT2D eigenvalue weighted by Crippen LogP contribution is -2.42. The van der Waals surface area contributed by atoms with Crippen molar-refractivity contribution < 1.29 is 4.79 Å². The average molecular weight is 321 g/mol. The molecule has 1 aliphatic heterocycles. The van der Waals surface area contributed by atoms with Crippen LogP contribution in [0.15, 0.2) is 22.9 Å². The Morgan fingerprint density at radius 1 is 1.48 bits per heavy atom. The van der Waals surface area contributed by atoms with Gasteiger partial charge in [-0.15, -0.1) is 22.7 Å². The van der Waals surface area contributed by atoms with Crippen LogP contribution in [0.3, 0.4) is 0 Å². The summed E-state index contributed by atoms with van der Waals surface area (Å²) in [6.45, 7) is 1.75. The molecule has 0 aliphatic carbocycles. The summed E-state index contributed by atoms with van der Waals surface area (Å²) in [6, 6.07) is 4.17. The minimum absolute atomic E-state index is 0.0203. The van der Waals surface area contributed by atoms with E-state index in [0.29, 0.717) is 0 Å². The zero-order chi connectivity index (χ0) is 14.8. The van der Waals surface area contributed by atoms with Crippen molar-refractivity contribution in [2.24, 2.45) is 0 Å². The molecule has 0 bridgehead atoms. The van der Waals surface area contributed by atoms with E-state index in [1.165, 1.54) is 4.88 Å². The van der Waals surface area contributed by atoms with Crippen molar-refractivity contribution in [2.45, 2.75) is 25.4 Å². The predicted molar refractivity (Wildman–Crippen MR) is 87.6 cm³/mol. The van der Waals surface area contributed by atoms with Crippen LogP contribution in [0.4, 0.5) is 0 Å². The Morgan fingerprint density at radius 3 is 3.05 bits per heavy atom. The fraction of sp³-hybridized carbons (Fsp3) is 0.467. The standard InChI is InChI=1S/C15H19N3OS2/c1-17(2)15(19)12-5-3-7-18(12)9-11-10-21-14(16-11)13-6-4-8-20-13/h4,6,8,10,12H,3,5,7,9H2,1-2H3. The Bertz CT molecular complexity index is 606. The first-order valence-corrected chi connectivity index (χ1v) is 8.84. The number of nitrogens with zero attached hydrogens (tertiary/aromatic N) is 3. The smallest absolute Gasteiger partial charge is 0.239 e. The van der Waals surface area contributed by atoms with Gasteiger partial charge in [-0.3, -0.25) is 9.69 Å². The lowest BCUT2D eigenvalue weighted by atomic mass is 10.2. The quantitative estimate of drug-likeness (QED) is 0.869. The van der Waals surface area contributed by atoms with Gasteiger partial charge in [0.2, 0.25) is 5.91 Å². The second-order valence-electron chi connectivity index (χ2n) is 5.48. The van der Waals surface area contributed by atoms with Crippen LogP contribution in [0, 0.1) is 0 Å². The zero-order valence-corrected chi connectivity index (χ0v) is 13.9. The Balaban J connectivity index is 1.70. The van der Waals surface area contributed by atoms with Crippen molar-refractivity contribution in [2.75, 3.05) is 20.6 Å². The van der Waals surface area contributed by atoms with E-state index >= 15 is 0 Å². The van der Waals surface area contributed by atoms with Crippen LogP contribution < -0.4 is 0 Å². The summed E-state index contributed by atoms with van der Waals surface area (Å²) in [4.78, 5) is 22.1. The first-order valence-electron chi connectivity index (χ1n) is 7.08. The number of carbonyl (C=O) groups is 1. The van der Waals surface area contributed by atoms with Crippen LogP contribution in [0.25, 0.3) is 9.88 Å². The molecular weight excluding hydrogens is 302 g/mol. The first-order chi connectivity index (χ1) is 10.1. The fourth-order valence-electron chi connectivity index (χ4n) is 2.69. The van der Waals surface area contributed by atoms with Crippen molar-refractivity contribution >= 4 is 28.6 Å². The number of likely N-dealkylation sites (N-methyl/N-ethyl adjacent to an activating group) is 1. The van der Waals surface area contributed by atoms with E-state index in [-0.39, 0.29) is 11.9 Å². The molecule has 2 aromatic rings. The van der Waals surface area contributed by atoms with E-state index < -0.39 is 0 Å². The largest absolute Gasteiger partial charge is 0.347 e. The predicted octanol–water partition coefficient (Wildman–Crippen LogP) is 2.92. The zero-order valence-electron chi connectivity index (χ0n) is 12.3. The molecule has 21 heavy (non-hydrogen) atoms. The molecule has 3 rings (SSSR count). The molecule has 0 saturated carbocycles. The molecule has 4 nitrogen and oxygen atoms in total. The summed E-state index contributed by atoms with van der Waals surface area (Å²) in [7, 11) is 3.66. The van der Waals surface area contributed by atoms with Crippen molar-refractivity contribution in [3.05, 3.63) is 28.6 Å². The molecular formula is C15H19N3OS2. The van der Waals surface area contributed by atoms with Gasteiger partial charge in [0.1, 0.15) is 5.01 Å². The number of rotatable bonds is 4. The second kappa shape index (κ2) is 6.25. The number of aromatic nitrogens is 1. The number of hydrogen-bond acceptors (Lipinski definition) is 5. The summed E-state index contributed by atoms with van der Waals surface area (Å²) < 4.78 is 0. The molecule has 1 aliphatic rings. The van der Waals surface area contributed by atoms with Crippen LogP contribution in [-0.4, -0.2) is 47.4 Å². The number of hydrogen-bond donors (Lipinski definition) is 0. The molecule has 112 valence electrons. The molecule has 1 saturated heterocycles. The van der Waals surface area contributed by atoms with Gasteiger partial charge in [-0.2, -0.15) is 0 Å². The molecule has 0 N–H and O–H groups in total. The third-order valence-electron chi connectivity index (χ3n) is 3.74. The normalized spacial score (nSPS) is 19.0. The van der Waals surface area contributed by atoms with Crippen LogP contribution in [0.5, 0.6) is 0 Å². The molecule has 0 radical (unpaired) electrons. The Labute approximate surface area is 133 Å². The molecule has 2 aromatic heterocycles. The van der Waals surface area contributed by atoms with Gasteiger partial charge < -0.3 is 4.90 Å². The van der Waals surface area contributed by atoms with Gasteiger partial charge in [0.05, 0.1) is 16.6 Å². The highest BCUT2D eigenvalue weighted by molar-refractivity contribution is 7.20. The van der Waals surface area contributed by atoms with Crippen molar-refractivity contribution in [1.82, 2.24) is 14.8 Å². The average Bonchev–Trinajstić information content (AvgIpc) is 3.19. The number of carbonyl (C=O) groups excluding carboxylic acids is 1. The van der Waals surface area contributed by atoms with Crippen molar-refractivity contribution in [3.8, 4) is 9.88 Å². The van der Waals surface area contributed by atoms with E-state index in [1.54, 1.807) is 27.6 Å². The van der Waals surface area contributed by atoms with Crippen LogP contribution >= 0.6 is 22.7 Å². The topological polar surface area (TPSA) is 36.4 Å². The monoisotopic (exact) mass is 321 g/mol. The summed E-state index contributed by atoms with van der Waals surface area (Å²) in [6.07, 6.45) is 2.05. The van der Waals surface area contributed by atoms with E-state index in [4.69, 9.17) is 4.98 Å². The summed E-state index contributed by atoms with van der Waals surface area (Å²) in [5, 5.41) is 5.27. The summed E-state index contributed by atoms with van der Waals surface area (Å²) >= 11 is 3.40. The van der Waals surface area contributed by atoms with Crippen LogP contribution in [-0.2, 0) is 11.3 Å². The summed E-state index contributed by atoms with van der Waals surface area (Å²) in [5.74, 6) is 0.209. The highest BCUT2D eigenvalue weighted by Gasteiger charge is 2.31. The maximum absolute atomic E-state index is 12.2. The molecule has 1 atom stereocenters. The van der Waals surface area contributed by atoms with Crippen LogP contribution in [0.2, 0.25) is 0 Å². The number of thiazole rings is 1. The van der Waals surface area contributed by atoms with Gasteiger partial charge in [-0.05, 0) is 30.8 Å². The minimum atomic E-state index is 0.0203. The van der Waals surface area contributed by atoms with Gasteiger partial charge in [0.15, 0.2) is 0 Å². The van der Waals surface area contributed by atoms with Gasteiger partial charge in [0, 0.05) is 26.0 Å². The van der Waals surface area contributed by atoms with E-state index in [2.05, 4.69) is 21.7 Å². The lowest BCUT2D eigenvalue weighted by molar-refractivity contribution is -0.133. The third-order valence-corrected chi connectivity index (χ3v) is 5.67. The van der Waals surface area contributed by atoms with E-state index in [1.807, 2.05) is 20.2 Å². The Hall–Kier alpha value is -1.24. The number of likely N-dealkylation sites (tertiary alicyclic amines) is 1. The third kappa shape index (κ3) is 3.17. The Kier molecular flexibility index (Phi) is 4.37. The van der Waals surface area contributed by atoms with Gasteiger partial charge in [0.25, 0.3) is 0 Å². The van der Waals surface area contributed by atoms with Gasteiger partial charge >= 0.3 is 0 Å². The minimum Gasteiger partial charge on any atom is -0.347 e.